The predicted molar refractivity (Wildman–Crippen MR) is 66.7 cm³/mol. The second-order valence-corrected chi connectivity index (χ2v) is 4.66. The molecule has 1 unspecified atom stereocenters. The smallest absolute Gasteiger partial charge is 0.126 e. The third-order valence-corrected chi connectivity index (χ3v) is 2.65. The van der Waals surface area contributed by atoms with Crippen molar-refractivity contribution in [1.82, 2.24) is 0 Å². The van der Waals surface area contributed by atoms with Crippen LogP contribution in [0.5, 0.6) is 5.75 Å². The van der Waals surface area contributed by atoms with Crippen LogP contribution in [0, 0.1) is 0 Å². The van der Waals surface area contributed by atoms with Gasteiger partial charge in [0.25, 0.3) is 0 Å². The highest BCUT2D eigenvalue weighted by atomic mass is 79.9. The number of hydrogen-bond acceptors (Lipinski definition) is 3. The highest BCUT2D eigenvalue weighted by Gasteiger charge is 2.12. The molecule has 0 spiro atoms. The molecule has 0 aromatic heterocycles. The number of halogens is 1. The molecule has 1 aromatic carbocycles. The van der Waals surface area contributed by atoms with Crippen LogP contribution in [0.15, 0.2) is 22.7 Å². The van der Waals surface area contributed by atoms with Crippen molar-refractivity contribution in [3.63, 3.8) is 0 Å². The van der Waals surface area contributed by atoms with E-state index in [0.29, 0.717) is 12.4 Å². The van der Waals surface area contributed by atoms with E-state index < -0.39 is 6.10 Å². The molecule has 0 radical (unpaired) electrons. The van der Waals surface area contributed by atoms with Crippen LogP contribution in [0.4, 0.5) is 0 Å². The summed E-state index contributed by atoms with van der Waals surface area (Å²) in [6.07, 6.45) is -0.588. The zero-order chi connectivity index (χ0) is 12.1. The molecular weight excluding hydrogens is 272 g/mol. The van der Waals surface area contributed by atoms with E-state index in [9.17, 15) is 5.11 Å². The first-order chi connectivity index (χ1) is 7.54. The molecule has 90 valence electrons. The van der Waals surface area contributed by atoms with Gasteiger partial charge >= 0.3 is 0 Å². The molecule has 0 aliphatic heterocycles. The maximum Gasteiger partial charge on any atom is 0.126 e. The van der Waals surface area contributed by atoms with Crippen molar-refractivity contribution < 1.29 is 14.6 Å². The van der Waals surface area contributed by atoms with Crippen molar-refractivity contribution >= 4 is 15.9 Å². The lowest BCUT2D eigenvalue weighted by molar-refractivity contribution is 0.0886. The van der Waals surface area contributed by atoms with Crippen molar-refractivity contribution in [1.29, 1.82) is 0 Å². The number of rotatable bonds is 5. The first-order valence-electron chi connectivity index (χ1n) is 5.17. The summed E-state index contributed by atoms with van der Waals surface area (Å²) in [5.41, 5.74) is 0.783. The minimum Gasteiger partial charge on any atom is -0.488 e. The van der Waals surface area contributed by atoms with Gasteiger partial charge in [0.15, 0.2) is 0 Å². The summed E-state index contributed by atoms with van der Waals surface area (Å²) in [5, 5.41) is 9.61. The summed E-state index contributed by atoms with van der Waals surface area (Å²) in [4.78, 5) is 0. The predicted octanol–water partition coefficient (Wildman–Crippen LogP) is 2.92. The molecule has 0 fully saturated rings. The van der Waals surface area contributed by atoms with Crippen molar-refractivity contribution in [2.45, 2.75) is 26.1 Å². The van der Waals surface area contributed by atoms with E-state index >= 15 is 0 Å². The van der Waals surface area contributed by atoms with Crippen molar-refractivity contribution in [2.24, 2.45) is 0 Å². The van der Waals surface area contributed by atoms with Gasteiger partial charge < -0.3 is 14.6 Å². The molecule has 0 heterocycles. The lowest BCUT2D eigenvalue weighted by Gasteiger charge is -2.18. The van der Waals surface area contributed by atoms with Crippen LogP contribution in [-0.2, 0) is 4.74 Å². The number of benzene rings is 1. The second-order valence-electron chi connectivity index (χ2n) is 3.74. The van der Waals surface area contributed by atoms with E-state index in [1.807, 2.05) is 25.1 Å². The van der Waals surface area contributed by atoms with Gasteiger partial charge in [-0.25, -0.2) is 0 Å². The fraction of sp³-hybridized carbons (Fsp3) is 0.500. The minimum absolute atomic E-state index is 0.0446. The average Bonchev–Trinajstić information content (AvgIpc) is 2.17. The molecule has 4 heteroatoms. The van der Waals surface area contributed by atoms with Gasteiger partial charge in [0.1, 0.15) is 11.9 Å². The molecule has 0 saturated carbocycles. The minimum atomic E-state index is -0.544. The first-order valence-corrected chi connectivity index (χ1v) is 5.97. The van der Waals surface area contributed by atoms with E-state index in [0.717, 1.165) is 10.0 Å². The Kier molecular flexibility index (Phi) is 5.25. The molecule has 0 aliphatic carbocycles. The summed E-state index contributed by atoms with van der Waals surface area (Å²) in [6.45, 7) is 4.17. The Bertz CT molecular complexity index is 339. The van der Waals surface area contributed by atoms with E-state index in [4.69, 9.17) is 9.47 Å². The number of aliphatic hydroxyl groups is 1. The van der Waals surface area contributed by atoms with Crippen LogP contribution in [0.25, 0.3) is 0 Å². The van der Waals surface area contributed by atoms with Crippen LogP contribution >= 0.6 is 15.9 Å². The number of hydrogen-bond donors (Lipinski definition) is 1. The number of ether oxygens (including phenoxy) is 2. The molecule has 1 N–H and O–H groups in total. The van der Waals surface area contributed by atoms with Crippen LogP contribution in [0.1, 0.15) is 25.5 Å². The van der Waals surface area contributed by atoms with Crippen molar-refractivity contribution in [3.8, 4) is 5.75 Å². The van der Waals surface area contributed by atoms with E-state index in [-0.39, 0.29) is 6.10 Å². The fourth-order valence-corrected chi connectivity index (χ4v) is 1.78. The standard InChI is InChI=1S/C12H17BrO3/c1-8(7-15-3)16-12-6-10(13)4-5-11(12)9(2)14/h4-6,8-9,14H,7H2,1-3H3/t8?,9-/m1/s1. The van der Waals surface area contributed by atoms with Gasteiger partial charge in [-0.15, -0.1) is 0 Å². The third-order valence-electron chi connectivity index (χ3n) is 2.16. The van der Waals surface area contributed by atoms with E-state index in [1.54, 1.807) is 14.0 Å². The molecule has 0 aliphatic rings. The summed E-state index contributed by atoms with van der Waals surface area (Å²) in [7, 11) is 1.64. The lowest BCUT2D eigenvalue weighted by atomic mass is 10.1. The highest BCUT2D eigenvalue weighted by Crippen LogP contribution is 2.29. The molecule has 2 atom stereocenters. The van der Waals surface area contributed by atoms with Gasteiger partial charge in [0, 0.05) is 17.1 Å². The Hall–Kier alpha value is -0.580. The Labute approximate surface area is 105 Å². The second kappa shape index (κ2) is 6.23. The Morgan fingerprint density at radius 1 is 1.38 bits per heavy atom. The number of aliphatic hydroxyl groups excluding tert-OH is 1. The SMILES string of the molecule is COCC(C)Oc1cc(Br)ccc1[C@@H](C)O. The Morgan fingerprint density at radius 3 is 2.62 bits per heavy atom. The molecule has 0 saturated heterocycles. The van der Waals surface area contributed by atoms with Gasteiger partial charge in [-0.3, -0.25) is 0 Å². The monoisotopic (exact) mass is 288 g/mol. The van der Waals surface area contributed by atoms with Gasteiger partial charge in [-0.1, -0.05) is 22.0 Å². The zero-order valence-corrected chi connectivity index (χ0v) is 11.3. The maximum absolute atomic E-state index is 9.61. The maximum atomic E-state index is 9.61. The van der Waals surface area contributed by atoms with E-state index in [2.05, 4.69) is 15.9 Å². The molecule has 0 amide bonds. The molecule has 1 rings (SSSR count). The highest BCUT2D eigenvalue weighted by molar-refractivity contribution is 9.10. The van der Waals surface area contributed by atoms with Crippen LogP contribution in [0.3, 0.4) is 0 Å². The largest absolute Gasteiger partial charge is 0.488 e. The lowest BCUT2D eigenvalue weighted by Crippen LogP contribution is -2.19. The topological polar surface area (TPSA) is 38.7 Å². The van der Waals surface area contributed by atoms with Gasteiger partial charge in [-0.2, -0.15) is 0 Å². The van der Waals surface area contributed by atoms with Crippen molar-refractivity contribution in [2.75, 3.05) is 13.7 Å². The molecular formula is C12H17BrO3. The van der Waals surface area contributed by atoms with Crippen LogP contribution in [0.2, 0.25) is 0 Å². The fourth-order valence-electron chi connectivity index (χ4n) is 1.44. The molecule has 16 heavy (non-hydrogen) atoms. The zero-order valence-electron chi connectivity index (χ0n) is 9.74. The third kappa shape index (κ3) is 3.77. The van der Waals surface area contributed by atoms with Crippen LogP contribution in [-0.4, -0.2) is 24.9 Å². The molecule has 1 aromatic rings. The first kappa shape index (κ1) is 13.5. The summed E-state index contributed by atoms with van der Waals surface area (Å²) in [6, 6.07) is 5.59. The van der Waals surface area contributed by atoms with Gasteiger partial charge in [0.2, 0.25) is 0 Å². The van der Waals surface area contributed by atoms with E-state index in [1.165, 1.54) is 0 Å². The number of methoxy groups -OCH3 is 1. The van der Waals surface area contributed by atoms with Crippen molar-refractivity contribution in [3.05, 3.63) is 28.2 Å². The summed E-state index contributed by atoms with van der Waals surface area (Å²) >= 11 is 3.38. The van der Waals surface area contributed by atoms with Gasteiger partial charge in [0.05, 0.1) is 12.7 Å². The Balaban J connectivity index is 2.87. The summed E-state index contributed by atoms with van der Waals surface area (Å²) in [5.74, 6) is 0.689. The quantitative estimate of drug-likeness (QED) is 0.905. The average molecular weight is 289 g/mol. The van der Waals surface area contributed by atoms with Gasteiger partial charge in [-0.05, 0) is 26.0 Å². The normalized spacial score (nSPS) is 14.6. The van der Waals surface area contributed by atoms with Crippen LogP contribution < -0.4 is 4.74 Å². The molecule has 3 nitrogen and oxygen atoms in total. The Morgan fingerprint density at radius 2 is 2.06 bits per heavy atom. The molecule has 0 bridgehead atoms. The summed E-state index contributed by atoms with van der Waals surface area (Å²) < 4.78 is 11.6.